The summed E-state index contributed by atoms with van der Waals surface area (Å²) in [6, 6.07) is 16.8. The summed E-state index contributed by atoms with van der Waals surface area (Å²) in [5, 5.41) is 9.75. The first-order valence-electron chi connectivity index (χ1n) is 10.6. The van der Waals surface area contributed by atoms with Crippen LogP contribution in [0, 0.1) is 18.3 Å². The molecular weight excluding hydrogens is 398 g/mol. The van der Waals surface area contributed by atoms with Crippen LogP contribution in [0.1, 0.15) is 29.5 Å². The Hall–Kier alpha value is -2.10. The van der Waals surface area contributed by atoms with Crippen molar-refractivity contribution in [1.29, 1.82) is 5.26 Å². The predicted molar refractivity (Wildman–Crippen MR) is 119 cm³/mol. The molecule has 6 heteroatoms. The zero-order valence-electron chi connectivity index (χ0n) is 17.4. The van der Waals surface area contributed by atoms with Crippen LogP contribution < -0.4 is 4.90 Å². The molecule has 0 bridgehead atoms. The largest absolute Gasteiger partial charge is 0.363 e. The lowest BCUT2D eigenvalue weighted by Crippen LogP contribution is -2.38. The average Bonchev–Trinajstić information content (AvgIpc) is 3.44. The number of likely N-dealkylation sites (tertiary alicyclic amines) is 1. The number of benzene rings is 2. The lowest BCUT2D eigenvalue weighted by molar-refractivity contribution is -0.0506. The molecule has 0 unspecified atom stereocenters. The number of anilines is 1. The molecule has 0 spiro atoms. The molecule has 2 aliphatic heterocycles. The Balaban J connectivity index is 1.50. The van der Waals surface area contributed by atoms with Crippen LogP contribution in [0.4, 0.5) is 5.69 Å². The SMILES string of the molecule is Cc1ccccc1CN(c1ccc(C#N)c(Cl)c1)[C@H]1CCN(CCC2OCCO2)C1. The number of nitrogens with zero attached hydrogens (tertiary/aromatic N) is 3. The van der Waals surface area contributed by atoms with E-state index in [2.05, 4.69) is 47.1 Å². The molecule has 158 valence electrons. The third kappa shape index (κ3) is 4.96. The number of aryl methyl sites for hydroxylation is 1. The number of rotatable bonds is 7. The summed E-state index contributed by atoms with van der Waals surface area (Å²) in [7, 11) is 0. The second kappa shape index (κ2) is 9.80. The number of hydrogen-bond acceptors (Lipinski definition) is 5. The molecule has 2 aliphatic rings. The molecule has 2 heterocycles. The van der Waals surface area contributed by atoms with Gasteiger partial charge in [-0.25, -0.2) is 0 Å². The fourth-order valence-corrected chi connectivity index (χ4v) is 4.52. The van der Waals surface area contributed by atoms with Gasteiger partial charge in [0, 0.05) is 44.3 Å². The quantitative estimate of drug-likeness (QED) is 0.659. The summed E-state index contributed by atoms with van der Waals surface area (Å²) in [4.78, 5) is 4.93. The standard InChI is InChI=1S/C24H28ClN3O2/c1-18-4-2-3-5-20(18)16-28(21-7-6-19(15-26)23(25)14-21)22-8-10-27(17-22)11-9-24-29-12-13-30-24/h2-7,14,22,24H,8-13,16-17H2,1H3/t22-/m0/s1. The van der Waals surface area contributed by atoms with Gasteiger partial charge in [0.05, 0.1) is 23.8 Å². The predicted octanol–water partition coefficient (Wildman–Crippen LogP) is 4.36. The van der Waals surface area contributed by atoms with Crippen molar-refractivity contribution in [3.05, 3.63) is 64.2 Å². The summed E-state index contributed by atoms with van der Waals surface area (Å²) in [5.74, 6) is 0. The molecule has 2 fully saturated rings. The van der Waals surface area contributed by atoms with Crippen LogP contribution in [0.15, 0.2) is 42.5 Å². The fraction of sp³-hybridized carbons (Fsp3) is 0.458. The molecule has 0 N–H and O–H groups in total. The number of ether oxygens (including phenoxy) is 2. The van der Waals surface area contributed by atoms with Crippen LogP contribution >= 0.6 is 11.6 Å². The summed E-state index contributed by atoms with van der Waals surface area (Å²) in [6.07, 6.45) is 1.95. The second-order valence-corrected chi connectivity index (χ2v) is 8.44. The van der Waals surface area contributed by atoms with E-state index in [0.717, 1.165) is 44.7 Å². The van der Waals surface area contributed by atoms with Crippen molar-refractivity contribution < 1.29 is 9.47 Å². The van der Waals surface area contributed by atoms with Crippen molar-refractivity contribution in [3.8, 4) is 6.07 Å². The lowest BCUT2D eigenvalue weighted by Gasteiger charge is -2.32. The number of nitriles is 1. The van der Waals surface area contributed by atoms with Crippen LogP contribution in [0.3, 0.4) is 0 Å². The van der Waals surface area contributed by atoms with E-state index in [4.69, 9.17) is 21.1 Å². The number of halogens is 1. The first-order chi connectivity index (χ1) is 14.6. The Labute approximate surface area is 183 Å². The molecule has 0 radical (unpaired) electrons. The molecule has 0 aromatic heterocycles. The van der Waals surface area contributed by atoms with Gasteiger partial charge in [-0.1, -0.05) is 35.9 Å². The maximum absolute atomic E-state index is 9.24. The molecule has 1 atom stereocenters. The maximum atomic E-state index is 9.24. The van der Waals surface area contributed by atoms with Gasteiger partial charge in [-0.15, -0.1) is 0 Å². The molecule has 5 nitrogen and oxygen atoms in total. The maximum Gasteiger partial charge on any atom is 0.159 e. The van der Waals surface area contributed by atoms with Crippen molar-refractivity contribution in [2.24, 2.45) is 0 Å². The monoisotopic (exact) mass is 425 g/mol. The van der Waals surface area contributed by atoms with Gasteiger partial charge >= 0.3 is 0 Å². The van der Waals surface area contributed by atoms with E-state index >= 15 is 0 Å². The smallest absolute Gasteiger partial charge is 0.159 e. The van der Waals surface area contributed by atoms with Crippen molar-refractivity contribution in [1.82, 2.24) is 4.90 Å². The molecule has 2 aromatic rings. The molecule has 2 aromatic carbocycles. The van der Waals surface area contributed by atoms with E-state index in [1.54, 1.807) is 0 Å². The zero-order chi connectivity index (χ0) is 20.9. The van der Waals surface area contributed by atoms with Gasteiger partial charge in [-0.05, 0) is 42.7 Å². The third-order valence-corrected chi connectivity index (χ3v) is 6.38. The Morgan fingerprint density at radius 1 is 1.20 bits per heavy atom. The van der Waals surface area contributed by atoms with Crippen LogP contribution in [-0.2, 0) is 16.0 Å². The zero-order valence-corrected chi connectivity index (χ0v) is 18.1. The van der Waals surface area contributed by atoms with Gasteiger partial charge in [-0.3, -0.25) is 0 Å². The first-order valence-corrected chi connectivity index (χ1v) is 11.0. The third-order valence-electron chi connectivity index (χ3n) is 6.07. The first kappa shape index (κ1) is 21.1. The molecule has 0 aliphatic carbocycles. The van der Waals surface area contributed by atoms with Gasteiger partial charge in [0.1, 0.15) is 6.07 Å². The molecule has 30 heavy (non-hydrogen) atoms. The van der Waals surface area contributed by atoms with Gasteiger partial charge in [0.15, 0.2) is 6.29 Å². The van der Waals surface area contributed by atoms with Gasteiger partial charge in [-0.2, -0.15) is 5.26 Å². The lowest BCUT2D eigenvalue weighted by atomic mass is 10.1. The minimum Gasteiger partial charge on any atom is -0.363 e. The van der Waals surface area contributed by atoms with E-state index in [9.17, 15) is 5.26 Å². The minimum absolute atomic E-state index is 0.0514. The molecular formula is C24H28ClN3O2. The van der Waals surface area contributed by atoms with Crippen molar-refractivity contribution >= 4 is 17.3 Å². The Morgan fingerprint density at radius 2 is 2.00 bits per heavy atom. The van der Waals surface area contributed by atoms with Gasteiger partial charge in [0.25, 0.3) is 0 Å². The van der Waals surface area contributed by atoms with Crippen LogP contribution in [0.5, 0.6) is 0 Å². The van der Waals surface area contributed by atoms with E-state index in [0.29, 0.717) is 29.8 Å². The van der Waals surface area contributed by atoms with Crippen molar-refractivity contribution in [3.63, 3.8) is 0 Å². The Morgan fingerprint density at radius 3 is 2.73 bits per heavy atom. The Kier molecular flexibility index (Phi) is 6.91. The van der Waals surface area contributed by atoms with Crippen LogP contribution in [0.2, 0.25) is 5.02 Å². The van der Waals surface area contributed by atoms with Crippen molar-refractivity contribution in [2.45, 2.75) is 38.6 Å². The van der Waals surface area contributed by atoms with E-state index in [1.807, 2.05) is 18.2 Å². The Bertz CT molecular complexity index is 908. The van der Waals surface area contributed by atoms with E-state index in [1.165, 1.54) is 11.1 Å². The van der Waals surface area contributed by atoms with Crippen LogP contribution in [0.25, 0.3) is 0 Å². The molecule has 0 amide bonds. The highest BCUT2D eigenvalue weighted by atomic mass is 35.5. The minimum atomic E-state index is -0.0514. The van der Waals surface area contributed by atoms with E-state index < -0.39 is 0 Å². The molecule has 0 saturated carbocycles. The summed E-state index contributed by atoms with van der Waals surface area (Å²) in [5.41, 5.74) is 4.18. The highest BCUT2D eigenvalue weighted by Gasteiger charge is 2.29. The summed E-state index contributed by atoms with van der Waals surface area (Å²) >= 11 is 6.38. The van der Waals surface area contributed by atoms with Crippen molar-refractivity contribution in [2.75, 3.05) is 37.7 Å². The topological polar surface area (TPSA) is 48.7 Å². The summed E-state index contributed by atoms with van der Waals surface area (Å²) < 4.78 is 11.2. The average molecular weight is 426 g/mol. The summed E-state index contributed by atoms with van der Waals surface area (Å²) in [6.45, 7) is 7.42. The van der Waals surface area contributed by atoms with Gasteiger partial charge < -0.3 is 19.3 Å². The van der Waals surface area contributed by atoms with Crippen LogP contribution in [-0.4, -0.2) is 50.1 Å². The highest BCUT2D eigenvalue weighted by molar-refractivity contribution is 6.32. The molecule has 4 rings (SSSR count). The highest BCUT2D eigenvalue weighted by Crippen LogP contribution is 2.30. The van der Waals surface area contributed by atoms with Gasteiger partial charge in [0.2, 0.25) is 0 Å². The second-order valence-electron chi connectivity index (χ2n) is 8.03. The number of hydrogen-bond donors (Lipinski definition) is 0. The van der Waals surface area contributed by atoms with E-state index in [-0.39, 0.29) is 6.29 Å². The normalized spacial score (nSPS) is 19.8. The fourth-order valence-electron chi connectivity index (χ4n) is 4.31. The molecule has 2 saturated heterocycles.